The third-order valence-corrected chi connectivity index (χ3v) is 4.42. The van der Waals surface area contributed by atoms with Crippen LogP contribution >= 0.6 is 15.9 Å². The summed E-state index contributed by atoms with van der Waals surface area (Å²) >= 11 is 3.38. The summed E-state index contributed by atoms with van der Waals surface area (Å²) in [7, 11) is -3.20. The van der Waals surface area contributed by atoms with Crippen molar-refractivity contribution in [3.8, 4) is 5.75 Å². The molecule has 4 nitrogen and oxygen atoms in total. The van der Waals surface area contributed by atoms with E-state index in [0.29, 0.717) is 18.9 Å². The van der Waals surface area contributed by atoms with Crippen molar-refractivity contribution < 1.29 is 13.2 Å². The van der Waals surface area contributed by atoms with Gasteiger partial charge in [0, 0.05) is 23.0 Å². The minimum atomic E-state index is -3.20. The smallest absolute Gasteiger partial charge is 0.175 e. The average Bonchev–Trinajstić information content (AvgIpc) is 2.45. The molecular weight excluding hydrogens is 354 g/mol. The van der Waals surface area contributed by atoms with E-state index in [0.717, 1.165) is 10.2 Å². The Kier molecular flexibility index (Phi) is 5.25. The Morgan fingerprint density at radius 1 is 1.14 bits per heavy atom. The molecule has 6 heteroatoms. The zero-order valence-electron chi connectivity index (χ0n) is 11.5. The second kappa shape index (κ2) is 6.95. The van der Waals surface area contributed by atoms with Gasteiger partial charge >= 0.3 is 0 Å². The minimum absolute atomic E-state index is 0.265. The van der Waals surface area contributed by atoms with Gasteiger partial charge in [0.2, 0.25) is 0 Å². The predicted octanol–water partition coefficient (Wildman–Crippen LogP) is 3.34. The molecule has 112 valence electrons. The maximum absolute atomic E-state index is 11.5. The second-order valence-corrected chi connectivity index (χ2v) is 7.46. The van der Waals surface area contributed by atoms with Crippen LogP contribution in [-0.4, -0.2) is 27.8 Å². The molecule has 0 aromatic heterocycles. The normalized spacial score (nSPS) is 11.1. The number of ether oxygens (including phenoxy) is 1. The van der Waals surface area contributed by atoms with E-state index in [1.807, 2.05) is 24.3 Å². The van der Waals surface area contributed by atoms with Crippen molar-refractivity contribution in [3.05, 3.63) is 53.0 Å². The van der Waals surface area contributed by atoms with Crippen LogP contribution in [0.4, 0.5) is 5.69 Å². The van der Waals surface area contributed by atoms with Crippen LogP contribution in [0.5, 0.6) is 5.75 Å². The lowest BCUT2D eigenvalue weighted by Crippen LogP contribution is -2.11. The van der Waals surface area contributed by atoms with Crippen LogP contribution in [0.25, 0.3) is 0 Å². The standard InChI is InChI=1S/C15H16BrNO3S/c1-21(18,19)15-4-2-3-14(11-15)20-10-9-17-13-7-5-12(16)6-8-13/h2-8,11,17H,9-10H2,1H3. The summed E-state index contributed by atoms with van der Waals surface area (Å²) in [5, 5.41) is 3.22. The zero-order valence-corrected chi connectivity index (χ0v) is 13.9. The summed E-state index contributed by atoms with van der Waals surface area (Å²) in [4.78, 5) is 0.265. The van der Waals surface area contributed by atoms with Crippen LogP contribution < -0.4 is 10.1 Å². The van der Waals surface area contributed by atoms with Crippen LogP contribution in [0, 0.1) is 0 Å². The van der Waals surface area contributed by atoms with Gasteiger partial charge in [-0.25, -0.2) is 8.42 Å². The number of sulfone groups is 1. The van der Waals surface area contributed by atoms with Gasteiger partial charge in [0.1, 0.15) is 12.4 Å². The van der Waals surface area contributed by atoms with E-state index in [-0.39, 0.29) is 4.90 Å². The van der Waals surface area contributed by atoms with Gasteiger partial charge in [-0.15, -0.1) is 0 Å². The van der Waals surface area contributed by atoms with Gasteiger partial charge in [0.25, 0.3) is 0 Å². The molecule has 0 unspecified atom stereocenters. The number of hydrogen-bond donors (Lipinski definition) is 1. The molecule has 2 rings (SSSR count). The maximum atomic E-state index is 11.5. The third kappa shape index (κ3) is 5.06. The van der Waals surface area contributed by atoms with Crippen molar-refractivity contribution >= 4 is 31.5 Å². The average molecular weight is 370 g/mol. The van der Waals surface area contributed by atoms with Crippen molar-refractivity contribution in [1.29, 1.82) is 0 Å². The summed E-state index contributed by atoms with van der Waals surface area (Å²) in [6.45, 7) is 1.08. The Hall–Kier alpha value is -1.53. The van der Waals surface area contributed by atoms with Crippen LogP contribution in [0.2, 0.25) is 0 Å². The first-order valence-electron chi connectivity index (χ1n) is 6.37. The molecule has 0 saturated carbocycles. The maximum Gasteiger partial charge on any atom is 0.175 e. The van der Waals surface area contributed by atoms with E-state index >= 15 is 0 Å². The molecule has 0 aliphatic carbocycles. The van der Waals surface area contributed by atoms with Crippen LogP contribution in [-0.2, 0) is 9.84 Å². The molecule has 0 aliphatic rings. The molecule has 0 spiro atoms. The summed E-state index contributed by atoms with van der Waals surface area (Å²) in [5.74, 6) is 0.551. The summed E-state index contributed by atoms with van der Waals surface area (Å²) in [6.07, 6.45) is 1.18. The van der Waals surface area contributed by atoms with Crippen LogP contribution in [0.3, 0.4) is 0 Å². The van der Waals surface area contributed by atoms with Crippen molar-refractivity contribution in [1.82, 2.24) is 0 Å². The SMILES string of the molecule is CS(=O)(=O)c1cccc(OCCNc2ccc(Br)cc2)c1. The zero-order chi connectivity index (χ0) is 15.3. The number of benzene rings is 2. The number of anilines is 1. The fraction of sp³-hybridized carbons (Fsp3) is 0.200. The Bertz CT molecular complexity index is 699. The Morgan fingerprint density at radius 2 is 1.86 bits per heavy atom. The molecule has 1 N–H and O–H groups in total. The lowest BCUT2D eigenvalue weighted by atomic mass is 10.3. The molecular formula is C15H16BrNO3S. The molecule has 0 radical (unpaired) electrons. The van der Waals surface area contributed by atoms with E-state index < -0.39 is 9.84 Å². The van der Waals surface area contributed by atoms with E-state index in [4.69, 9.17) is 4.74 Å². The lowest BCUT2D eigenvalue weighted by Gasteiger charge is -2.09. The predicted molar refractivity (Wildman–Crippen MR) is 87.7 cm³/mol. The molecule has 21 heavy (non-hydrogen) atoms. The Morgan fingerprint density at radius 3 is 2.52 bits per heavy atom. The van der Waals surface area contributed by atoms with Gasteiger partial charge < -0.3 is 10.1 Å². The van der Waals surface area contributed by atoms with Gasteiger partial charge in [-0.05, 0) is 42.5 Å². The van der Waals surface area contributed by atoms with Crippen molar-refractivity contribution in [2.75, 3.05) is 24.7 Å². The Labute approximate surface area is 133 Å². The second-order valence-electron chi connectivity index (χ2n) is 4.53. The molecule has 0 bridgehead atoms. The van der Waals surface area contributed by atoms with E-state index in [1.165, 1.54) is 12.3 Å². The van der Waals surface area contributed by atoms with Gasteiger partial charge in [-0.2, -0.15) is 0 Å². The van der Waals surface area contributed by atoms with Crippen molar-refractivity contribution in [3.63, 3.8) is 0 Å². The Balaban J connectivity index is 1.85. The first-order valence-corrected chi connectivity index (χ1v) is 9.06. The number of hydrogen-bond acceptors (Lipinski definition) is 4. The molecule has 0 amide bonds. The van der Waals surface area contributed by atoms with Gasteiger partial charge in [0.15, 0.2) is 9.84 Å². The number of nitrogens with one attached hydrogen (secondary N) is 1. The summed E-state index contributed by atoms with van der Waals surface area (Å²) in [6, 6.07) is 14.4. The van der Waals surface area contributed by atoms with Gasteiger partial charge in [0.05, 0.1) is 4.90 Å². The van der Waals surface area contributed by atoms with E-state index in [2.05, 4.69) is 21.2 Å². The first-order chi connectivity index (χ1) is 9.95. The fourth-order valence-electron chi connectivity index (χ4n) is 1.73. The highest BCUT2D eigenvalue weighted by Crippen LogP contribution is 2.17. The summed E-state index contributed by atoms with van der Waals surface area (Å²) < 4.78 is 29.5. The molecule has 0 fully saturated rings. The molecule has 0 saturated heterocycles. The van der Waals surface area contributed by atoms with E-state index in [1.54, 1.807) is 18.2 Å². The first kappa shape index (κ1) is 15.9. The number of halogens is 1. The molecule has 0 heterocycles. The monoisotopic (exact) mass is 369 g/mol. The minimum Gasteiger partial charge on any atom is -0.492 e. The molecule has 2 aromatic rings. The summed E-state index contributed by atoms with van der Waals surface area (Å²) in [5.41, 5.74) is 1.01. The van der Waals surface area contributed by atoms with Crippen LogP contribution in [0.15, 0.2) is 57.9 Å². The van der Waals surface area contributed by atoms with E-state index in [9.17, 15) is 8.42 Å². The topological polar surface area (TPSA) is 55.4 Å². The van der Waals surface area contributed by atoms with Crippen molar-refractivity contribution in [2.24, 2.45) is 0 Å². The molecule has 0 atom stereocenters. The fourth-order valence-corrected chi connectivity index (χ4v) is 2.65. The van der Waals surface area contributed by atoms with Gasteiger partial charge in [-0.3, -0.25) is 0 Å². The van der Waals surface area contributed by atoms with Crippen LogP contribution in [0.1, 0.15) is 0 Å². The number of rotatable bonds is 6. The third-order valence-electron chi connectivity index (χ3n) is 2.78. The lowest BCUT2D eigenvalue weighted by molar-refractivity contribution is 0.332. The molecule has 0 aliphatic heterocycles. The highest BCUT2D eigenvalue weighted by molar-refractivity contribution is 9.10. The largest absolute Gasteiger partial charge is 0.492 e. The molecule has 2 aromatic carbocycles. The highest BCUT2D eigenvalue weighted by atomic mass is 79.9. The highest BCUT2D eigenvalue weighted by Gasteiger charge is 2.07. The van der Waals surface area contributed by atoms with Crippen molar-refractivity contribution in [2.45, 2.75) is 4.90 Å². The quantitative estimate of drug-likeness (QED) is 0.793. The van der Waals surface area contributed by atoms with Gasteiger partial charge in [-0.1, -0.05) is 22.0 Å².